The highest BCUT2D eigenvalue weighted by Crippen LogP contribution is 2.69. The number of hydrogen-bond donors (Lipinski definition) is 0. The van der Waals surface area contributed by atoms with E-state index in [9.17, 15) is 4.91 Å². The van der Waals surface area contributed by atoms with Gasteiger partial charge in [0.05, 0.1) is 0 Å². The predicted octanol–water partition coefficient (Wildman–Crippen LogP) is 9.51. The Labute approximate surface area is 210 Å². The van der Waals surface area contributed by atoms with E-state index in [1.165, 1.54) is 64.2 Å². The van der Waals surface area contributed by atoms with Crippen molar-refractivity contribution in [2.45, 2.75) is 130 Å². The summed E-state index contributed by atoms with van der Waals surface area (Å²) < 4.78 is 0. The normalized spacial score (nSPS) is 44.6. The molecule has 4 fully saturated rings. The molecule has 0 aromatic heterocycles. The van der Waals surface area contributed by atoms with E-state index in [0.717, 1.165) is 61.2 Å². The fraction of sp³-hybridized carbons (Fsp3) is 0.935. The standard InChI is InChI=1S/C31H53NO2/c1-7-8-17-31(34-32-33)20-19-29(5)24(21-31)12-13-25-27-15-14-26(23(4)11-9-10-22(2)3)30(27,6)18-16-28(25)29/h7,22-28H,1,8-21H2,2-6H3/t23?,24-,25?,26+,27?,28?,29-,30+,31+/m0/s1. The minimum atomic E-state index is -0.347. The minimum absolute atomic E-state index is 0.347. The Morgan fingerprint density at radius 3 is 2.44 bits per heavy atom. The molecule has 0 radical (unpaired) electrons. The van der Waals surface area contributed by atoms with Gasteiger partial charge in [-0.3, -0.25) is 0 Å². The fourth-order valence-electron chi connectivity index (χ4n) is 10.1. The van der Waals surface area contributed by atoms with Crippen LogP contribution in [-0.4, -0.2) is 5.60 Å². The molecule has 3 heteroatoms. The Morgan fingerprint density at radius 1 is 0.971 bits per heavy atom. The number of fused-ring (bicyclic) bond motifs is 5. The fourth-order valence-corrected chi connectivity index (χ4v) is 10.1. The summed E-state index contributed by atoms with van der Waals surface area (Å²) in [6.45, 7) is 16.5. The molecule has 34 heavy (non-hydrogen) atoms. The molecule has 194 valence electrons. The molecule has 4 unspecified atom stereocenters. The van der Waals surface area contributed by atoms with Crippen LogP contribution in [0.2, 0.25) is 0 Å². The molecule has 0 heterocycles. The van der Waals surface area contributed by atoms with Gasteiger partial charge in [0, 0.05) is 0 Å². The molecule has 0 aliphatic heterocycles. The second-order valence-corrected chi connectivity index (χ2v) is 14.1. The van der Waals surface area contributed by atoms with Crippen LogP contribution in [0, 0.1) is 57.2 Å². The molecular weight excluding hydrogens is 418 g/mol. The van der Waals surface area contributed by atoms with Crippen LogP contribution in [-0.2, 0) is 4.84 Å². The second-order valence-electron chi connectivity index (χ2n) is 14.1. The van der Waals surface area contributed by atoms with Gasteiger partial charge in [0.15, 0.2) is 5.34 Å². The van der Waals surface area contributed by atoms with E-state index in [0.29, 0.717) is 16.7 Å². The molecule has 4 aliphatic carbocycles. The van der Waals surface area contributed by atoms with E-state index in [1.807, 2.05) is 6.08 Å². The quantitative estimate of drug-likeness (QED) is 0.181. The topological polar surface area (TPSA) is 38.7 Å². The van der Waals surface area contributed by atoms with Crippen LogP contribution < -0.4 is 0 Å². The molecule has 4 rings (SSSR count). The third-order valence-corrected chi connectivity index (χ3v) is 12.0. The molecule has 4 saturated carbocycles. The van der Waals surface area contributed by atoms with Crippen molar-refractivity contribution in [3.63, 3.8) is 0 Å². The Hall–Kier alpha value is -0.860. The van der Waals surface area contributed by atoms with Gasteiger partial charge < -0.3 is 4.84 Å². The summed E-state index contributed by atoms with van der Waals surface area (Å²) in [6.07, 6.45) is 19.7. The summed E-state index contributed by atoms with van der Waals surface area (Å²) in [5, 5.41) is 2.95. The molecule has 0 saturated heterocycles. The van der Waals surface area contributed by atoms with Crippen LogP contribution in [0.25, 0.3) is 0 Å². The SMILES string of the molecule is C=CCC[C@@]1(ON=O)CC[C@]2(C)C3CC[C@@]4(C)C(CC[C@@H]4C(C)CCCC(C)C)C3CC[C@H]2C1. The first-order valence-electron chi connectivity index (χ1n) is 14.8. The molecule has 0 bridgehead atoms. The van der Waals surface area contributed by atoms with Crippen molar-refractivity contribution in [1.29, 1.82) is 0 Å². The van der Waals surface area contributed by atoms with Gasteiger partial charge in [0.2, 0.25) is 0 Å². The first-order chi connectivity index (χ1) is 16.2. The van der Waals surface area contributed by atoms with Gasteiger partial charge in [-0.05, 0) is 123 Å². The number of rotatable bonds is 10. The van der Waals surface area contributed by atoms with Crippen molar-refractivity contribution in [2.75, 3.05) is 0 Å². The molecule has 4 aliphatic rings. The zero-order valence-electron chi connectivity index (χ0n) is 23.0. The maximum Gasteiger partial charge on any atom is 0.155 e. The number of allylic oxidation sites excluding steroid dienone is 1. The van der Waals surface area contributed by atoms with E-state index in [4.69, 9.17) is 4.84 Å². The molecule has 0 amide bonds. The monoisotopic (exact) mass is 471 g/mol. The van der Waals surface area contributed by atoms with Gasteiger partial charge in [-0.1, -0.05) is 60.0 Å². The van der Waals surface area contributed by atoms with Gasteiger partial charge in [-0.25, -0.2) is 0 Å². The van der Waals surface area contributed by atoms with Crippen LogP contribution in [0.1, 0.15) is 125 Å². The Kier molecular flexibility index (Phi) is 7.90. The minimum Gasteiger partial charge on any atom is -0.357 e. The van der Waals surface area contributed by atoms with Gasteiger partial charge >= 0.3 is 0 Å². The molecule has 0 aromatic rings. The summed E-state index contributed by atoms with van der Waals surface area (Å²) >= 11 is 0. The lowest BCUT2D eigenvalue weighted by molar-refractivity contribution is -0.171. The van der Waals surface area contributed by atoms with E-state index in [-0.39, 0.29) is 5.60 Å². The Morgan fingerprint density at radius 2 is 1.74 bits per heavy atom. The van der Waals surface area contributed by atoms with Crippen molar-refractivity contribution in [1.82, 2.24) is 0 Å². The Bertz CT molecular complexity index is 720. The van der Waals surface area contributed by atoms with E-state index in [1.54, 1.807) is 0 Å². The molecule has 9 atom stereocenters. The first-order valence-corrected chi connectivity index (χ1v) is 14.8. The van der Waals surface area contributed by atoms with Gasteiger partial charge in [0.1, 0.15) is 5.60 Å². The average molecular weight is 472 g/mol. The van der Waals surface area contributed by atoms with Crippen molar-refractivity contribution in [3.8, 4) is 0 Å². The van der Waals surface area contributed by atoms with Crippen molar-refractivity contribution < 1.29 is 4.84 Å². The third kappa shape index (κ3) is 4.63. The van der Waals surface area contributed by atoms with Crippen molar-refractivity contribution in [3.05, 3.63) is 17.6 Å². The highest BCUT2D eigenvalue weighted by atomic mass is 16.7. The zero-order chi connectivity index (χ0) is 24.6. The second kappa shape index (κ2) is 10.3. The molecule has 0 N–H and O–H groups in total. The van der Waals surface area contributed by atoms with Gasteiger partial charge in [-0.2, -0.15) is 0 Å². The summed E-state index contributed by atoms with van der Waals surface area (Å²) in [7, 11) is 0. The van der Waals surface area contributed by atoms with Crippen LogP contribution in [0.15, 0.2) is 18.0 Å². The van der Waals surface area contributed by atoms with Crippen LogP contribution in [0.5, 0.6) is 0 Å². The summed E-state index contributed by atoms with van der Waals surface area (Å²) in [4.78, 5) is 16.8. The first kappa shape index (κ1) is 26.2. The Balaban J connectivity index is 1.46. The van der Waals surface area contributed by atoms with E-state index < -0.39 is 0 Å². The average Bonchev–Trinajstić information content (AvgIpc) is 3.15. The third-order valence-electron chi connectivity index (χ3n) is 12.0. The number of nitrogens with zero attached hydrogens (tertiary/aromatic N) is 1. The largest absolute Gasteiger partial charge is 0.357 e. The van der Waals surface area contributed by atoms with Crippen molar-refractivity contribution in [2.24, 2.45) is 57.6 Å². The maximum atomic E-state index is 11.2. The lowest BCUT2D eigenvalue weighted by atomic mass is 9.43. The summed E-state index contributed by atoms with van der Waals surface area (Å²) in [5.74, 6) is 6.03. The molecule has 0 spiro atoms. The summed E-state index contributed by atoms with van der Waals surface area (Å²) in [5.41, 5.74) is 0.629. The van der Waals surface area contributed by atoms with E-state index >= 15 is 0 Å². The van der Waals surface area contributed by atoms with Crippen LogP contribution >= 0.6 is 0 Å². The lowest BCUT2D eigenvalue weighted by Crippen LogP contribution is -2.56. The maximum absolute atomic E-state index is 11.2. The van der Waals surface area contributed by atoms with E-state index in [2.05, 4.69) is 46.5 Å². The van der Waals surface area contributed by atoms with Crippen LogP contribution in [0.4, 0.5) is 0 Å². The highest BCUT2D eigenvalue weighted by Gasteiger charge is 2.62. The summed E-state index contributed by atoms with van der Waals surface area (Å²) in [6, 6.07) is 0. The molecular formula is C31H53NO2. The predicted molar refractivity (Wildman–Crippen MR) is 142 cm³/mol. The highest BCUT2D eigenvalue weighted by molar-refractivity contribution is 5.11. The van der Waals surface area contributed by atoms with Crippen LogP contribution in [0.3, 0.4) is 0 Å². The smallest absolute Gasteiger partial charge is 0.155 e. The molecule has 0 aromatic carbocycles. The van der Waals surface area contributed by atoms with Gasteiger partial charge in [-0.15, -0.1) is 11.5 Å². The lowest BCUT2D eigenvalue weighted by Gasteiger charge is -2.62. The van der Waals surface area contributed by atoms with Gasteiger partial charge in [0.25, 0.3) is 0 Å². The molecule has 3 nitrogen and oxygen atoms in total. The zero-order valence-corrected chi connectivity index (χ0v) is 23.0. The number of hydrogen-bond acceptors (Lipinski definition) is 3. The van der Waals surface area contributed by atoms with Crippen molar-refractivity contribution >= 4 is 0 Å².